The summed E-state index contributed by atoms with van der Waals surface area (Å²) in [6.45, 7) is 3.76. The van der Waals surface area contributed by atoms with E-state index in [0.717, 1.165) is 10.1 Å². The first-order valence-electron chi connectivity index (χ1n) is 7.00. The van der Waals surface area contributed by atoms with Crippen LogP contribution in [-0.4, -0.2) is 31.4 Å². The molecule has 0 unspecified atom stereocenters. The van der Waals surface area contributed by atoms with Gasteiger partial charge >= 0.3 is 11.9 Å². The molecule has 0 N–H and O–H groups in total. The minimum Gasteiger partial charge on any atom is -0.465 e. The van der Waals surface area contributed by atoms with Crippen LogP contribution in [0.25, 0.3) is 10.1 Å². The van der Waals surface area contributed by atoms with Crippen molar-refractivity contribution in [3.05, 3.63) is 29.6 Å². The molecule has 2 aromatic rings. The van der Waals surface area contributed by atoms with E-state index in [2.05, 4.69) is 4.99 Å². The molecule has 0 saturated heterocycles. The highest BCUT2D eigenvalue weighted by molar-refractivity contribution is 7.17. The molecule has 6 heteroatoms. The summed E-state index contributed by atoms with van der Waals surface area (Å²) < 4.78 is 10.9. The van der Waals surface area contributed by atoms with Crippen LogP contribution in [0.4, 0.5) is 5.69 Å². The van der Waals surface area contributed by atoms with E-state index in [-0.39, 0.29) is 13.2 Å². The molecule has 1 heterocycles. The number of hydrogen-bond acceptors (Lipinski definition) is 6. The first-order chi connectivity index (χ1) is 10.7. The number of benzene rings is 1. The molecule has 1 aromatic heterocycles. The summed E-state index contributed by atoms with van der Waals surface area (Å²) in [6.07, 6.45) is 1.28. The van der Waals surface area contributed by atoms with E-state index in [0.29, 0.717) is 5.69 Å². The number of ether oxygens (including phenoxy) is 2. The standard InChI is InChI=1S/C16H17NO4S/c1-3-20-15(18)13(16(19)21-4-2)10-17-12-6-5-11-7-8-22-14(11)9-12/h5-10,13H,3-4H2,1-2H3. The summed E-state index contributed by atoms with van der Waals surface area (Å²) >= 11 is 1.61. The van der Waals surface area contributed by atoms with Gasteiger partial charge in [-0.1, -0.05) is 6.07 Å². The number of aliphatic imine (C=N–C) groups is 1. The lowest BCUT2D eigenvalue weighted by atomic mass is 10.1. The predicted molar refractivity (Wildman–Crippen MR) is 86.7 cm³/mol. The quantitative estimate of drug-likeness (QED) is 0.465. The maximum atomic E-state index is 11.8. The summed E-state index contributed by atoms with van der Waals surface area (Å²) in [6, 6.07) is 7.71. The number of esters is 2. The molecule has 0 bridgehead atoms. The molecule has 0 fully saturated rings. The normalized spacial score (nSPS) is 11.2. The Morgan fingerprint density at radius 2 is 1.86 bits per heavy atom. The fraction of sp³-hybridized carbons (Fsp3) is 0.312. The van der Waals surface area contributed by atoms with Gasteiger partial charge in [-0.3, -0.25) is 14.6 Å². The van der Waals surface area contributed by atoms with E-state index >= 15 is 0 Å². The van der Waals surface area contributed by atoms with Gasteiger partial charge in [0.15, 0.2) is 5.92 Å². The largest absolute Gasteiger partial charge is 0.465 e. The van der Waals surface area contributed by atoms with Crippen LogP contribution < -0.4 is 0 Å². The Morgan fingerprint density at radius 1 is 1.18 bits per heavy atom. The molecule has 1 aromatic carbocycles. The molecular weight excluding hydrogens is 302 g/mol. The second-order valence-corrected chi connectivity index (χ2v) is 5.35. The zero-order valence-corrected chi connectivity index (χ0v) is 13.3. The number of fused-ring (bicyclic) bond motifs is 1. The molecule has 2 rings (SSSR count). The van der Waals surface area contributed by atoms with Crippen LogP contribution in [0.1, 0.15) is 13.8 Å². The lowest BCUT2D eigenvalue weighted by Crippen LogP contribution is -2.29. The summed E-state index contributed by atoms with van der Waals surface area (Å²) in [5, 5.41) is 3.13. The Hall–Kier alpha value is -2.21. The molecule has 5 nitrogen and oxygen atoms in total. The smallest absolute Gasteiger partial charge is 0.325 e. The van der Waals surface area contributed by atoms with Gasteiger partial charge < -0.3 is 9.47 Å². The minimum atomic E-state index is -1.14. The summed E-state index contributed by atoms with van der Waals surface area (Å²) in [4.78, 5) is 27.9. The molecule has 0 spiro atoms. The van der Waals surface area contributed by atoms with Crippen molar-refractivity contribution in [3.63, 3.8) is 0 Å². The van der Waals surface area contributed by atoms with Gasteiger partial charge in [0.25, 0.3) is 0 Å². The number of thiophene rings is 1. The monoisotopic (exact) mass is 319 g/mol. The number of nitrogens with zero attached hydrogens (tertiary/aromatic N) is 1. The first kappa shape index (κ1) is 16.2. The molecule has 0 aliphatic heterocycles. The van der Waals surface area contributed by atoms with Gasteiger partial charge in [0, 0.05) is 10.9 Å². The fourth-order valence-corrected chi connectivity index (χ4v) is 2.69. The number of hydrogen-bond donors (Lipinski definition) is 0. The summed E-state index contributed by atoms with van der Waals surface area (Å²) in [5.74, 6) is -2.44. The number of carbonyl (C=O) groups excluding carboxylic acids is 2. The van der Waals surface area contributed by atoms with Crippen LogP contribution in [0.15, 0.2) is 34.6 Å². The number of rotatable bonds is 6. The average molecular weight is 319 g/mol. The predicted octanol–water partition coefficient (Wildman–Crippen LogP) is 3.35. The van der Waals surface area contributed by atoms with E-state index in [4.69, 9.17) is 9.47 Å². The van der Waals surface area contributed by atoms with Gasteiger partial charge in [0.2, 0.25) is 0 Å². The minimum absolute atomic E-state index is 0.198. The molecule has 0 amide bonds. The Morgan fingerprint density at radius 3 is 2.50 bits per heavy atom. The van der Waals surface area contributed by atoms with Gasteiger partial charge in [0.05, 0.1) is 18.9 Å². The third-order valence-electron chi connectivity index (χ3n) is 2.89. The van der Waals surface area contributed by atoms with Crippen molar-refractivity contribution in [2.45, 2.75) is 13.8 Å². The van der Waals surface area contributed by atoms with Crippen LogP contribution in [-0.2, 0) is 19.1 Å². The fourth-order valence-electron chi connectivity index (χ4n) is 1.87. The summed E-state index contributed by atoms with van der Waals surface area (Å²) in [5.41, 5.74) is 0.675. The number of carbonyl (C=O) groups is 2. The van der Waals surface area contributed by atoms with Crippen molar-refractivity contribution in [1.82, 2.24) is 0 Å². The average Bonchev–Trinajstić information content (AvgIpc) is 2.95. The van der Waals surface area contributed by atoms with E-state index in [1.807, 2.05) is 29.6 Å². The maximum Gasteiger partial charge on any atom is 0.325 e. The van der Waals surface area contributed by atoms with Gasteiger partial charge in [-0.05, 0) is 42.8 Å². The van der Waals surface area contributed by atoms with Gasteiger partial charge in [-0.25, -0.2) is 0 Å². The summed E-state index contributed by atoms with van der Waals surface area (Å²) in [7, 11) is 0. The van der Waals surface area contributed by atoms with Crippen molar-refractivity contribution >= 4 is 45.3 Å². The van der Waals surface area contributed by atoms with Gasteiger partial charge in [0.1, 0.15) is 0 Å². The molecular formula is C16H17NO4S. The highest BCUT2D eigenvalue weighted by atomic mass is 32.1. The molecule has 0 saturated carbocycles. The molecule has 0 aliphatic carbocycles. The van der Waals surface area contributed by atoms with Crippen molar-refractivity contribution in [2.75, 3.05) is 13.2 Å². The molecule has 0 atom stereocenters. The highest BCUT2D eigenvalue weighted by Crippen LogP contribution is 2.25. The van der Waals surface area contributed by atoms with Crippen LogP contribution in [0.2, 0.25) is 0 Å². The Bertz CT molecular complexity index is 674. The van der Waals surface area contributed by atoms with Crippen molar-refractivity contribution in [2.24, 2.45) is 10.9 Å². The van der Waals surface area contributed by atoms with E-state index in [1.54, 1.807) is 25.2 Å². The molecule has 22 heavy (non-hydrogen) atoms. The topological polar surface area (TPSA) is 65.0 Å². The van der Waals surface area contributed by atoms with Crippen molar-refractivity contribution in [1.29, 1.82) is 0 Å². The maximum absolute atomic E-state index is 11.8. The zero-order chi connectivity index (χ0) is 15.9. The van der Waals surface area contributed by atoms with Crippen LogP contribution in [0.5, 0.6) is 0 Å². The van der Waals surface area contributed by atoms with Crippen molar-refractivity contribution < 1.29 is 19.1 Å². The third-order valence-corrected chi connectivity index (χ3v) is 3.77. The Labute approximate surface area is 132 Å². The van der Waals surface area contributed by atoms with Crippen LogP contribution in [0.3, 0.4) is 0 Å². The molecule has 116 valence electrons. The van der Waals surface area contributed by atoms with E-state index in [9.17, 15) is 9.59 Å². The molecule has 0 radical (unpaired) electrons. The zero-order valence-electron chi connectivity index (χ0n) is 12.4. The lowest BCUT2D eigenvalue weighted by Gasteiger charge is -2.09. The second kappa shape index (κ2) is 7.70. The van der Waals surface area contributed by atoms with E-state index in [1.165, 1.54) is 6.21 Å². The van der Waals surface area contributed by atoms with Gasteiger partial charge in [-0.2, -0.15) is 0 Å². The Balaban J connectivity index is 2.20. The third kappa shape index (κ3) is 3.92. The highest BCUT2D eigenvalue weighted by Gasteiger charge is 2.27. The lowest BCUT2D eigenvalue weighted by molar-refractivity contribution is -0.157. The first-order valence-corrected chi connectivity index (χ1v) is 7.88. The van der Waals surface area contributed by atoms with E-state index < -0.39 is 17.9 Å². The SMILES string of the molecule is CCOC(=O)C(C=Nc1ccc2ccsc2c1)C(=O)OCC. The van der Waals surface area contributed by atoms with Crippen LogP contribution >= 0.6 is 11.3 Å². The van der Waals surface area contributed by atoms with Crippen molar-refractivity contribution in [3.8, 4) is 0 Å². The van der Waals surface area contributed by atoms with Gasteiger partial charge in [-0.15, -0.1) is 11.3 Å². The molecule has 0 aliphatic rings. The Kier molecular flexibility index (Phi) is 5.66. The second-order valence-electron chi connectivity index (χ2n) is 4.40. The van der Waals surface area contributed by atoms with Crippen LogP contribution in [0, 0.1) is 5.92 Å².